The van der Waals surface area contributed by atoms with Crippen LogP contribution in [-0.4, -0.2) is 56.6 Å². The highest BCUT2D eigenvalue weighted by molar-refractivity contribution is 7.88. The van der Waals surface area contributed by atoms with Gasteiger partial charge in [0.2, 0.25) is 15.9 Å². The molecule has 1 rings (SSSR count). The summed E-state index contributed by atoms with van der Waals surface area (Å²) in [6.45, 7) is 5.25. The van der Waals surface area contributed by atoms with Crippen molar-refractivity contribution in [3.8, 4) is 0 Å². The lowest BCUT2D eigenvalue weighted by molar-refractivity contribution is -0.121. The van der Waals surface area contributed by atoms with E-state index < -0.39 is 10.0 Å². The Morgan fingerprint density at radius 3 is 2.33 bits per heavy atom. The number of piperidine rings is 1. The Morgan fingerprint density at radius 2 is 1.89 bits per heavy atom. The second kappa shape index (κ2) is 6.49. The van der Waals surface area contributed by atoms with Crippen LogP contribution >= 0.6 is 0 Å². The van der Waals surface area contributed by atoms with E-state index in [0.717, 1.165) is 0 Å². The molecule has 6 nitrogen and oxygen atoms in total. The molecule has 106 valence electrons. The number of sulfonamides is 1. The van der Waals surface area contributed by atoms with E-state index in [2.05, 4.69) is 10.6 Å². The van der Waals surface area contributed by atoms with E-state index in [0.29, 0.717) is 32.5 Å². The first kappa shape index (κ1) is 15.4. The van der Waals surface area contributed by atoms with E-state index in [1.54, 1.807) is 0 Å². The van der Waals surface area contributed by atoms with Gasteiger partial charge in [-0.1, -0.05) is 13.8 Å². The van der Waals surface area contributed by atoms with Crippen LogP contribution in [0.5, 0.6) is 0 Å². The van der Waals surface area contributed by atoms with Gasteiger partial charge in [-0.3, -0.25) is 4.79 Å². The predicted molar refractivity (Wildman–Crippen MR) is 70.7 cm³/mol. The number of nitrogens with zero attached hydrogens (tertiary/aromatic N) is 1. The van der Waals surface area contributed by atoms with E-state index in [4.69, 9.17) is 0 Å². The van der Waals surface area contributed by atoms with Gasteiger partial charge in [0.1, 0.15) is 0 Å². The molecule has 1 amide bonds. The molecule has 1 heterocycles. The van der Waals surface area contributed by atoms with Gasteiger partial charge >= 0.3 is 0 Å². The molecule has 0 atom stereocenters. The van der Waals surface area contributed by atoms with Crippen LogP contribution < -0.4 is 10.6 Å². The molecule has 0 saturated carbocycles. The van der Waals surface area contributed by atoms with Crippen molar-refractivity contribution in [3.05, 3.63) is 0 Å². The lowest BCUT2D eigenvalue weighted by atomic mass is 10.1. The molecule has 0 radical (unpaired) electrons. The Bertz CT molecular complexity index is 373. The van der Waals surface area contributed by atoms with Crippen molar-refractivity contribution < 1.29 is 13.2 Å². The number of rotatable bonds is 5. The highest BCUT2D eigenvalue weighted by Gasteiger charge is 2.25. The fourth-order valence-corrected chi connectivity index (χ4v) is 2.78. The second-order valence-electron chi connectivity index (χ2n) is 5.04. The normalized spacial score (nSPS) is 19.1. The Kier molecular flexibility index (Phi) is 5.55. The molecule has 0 unspecified atom stereocenters. The third-order valence-corrected chi connectivity index (χ3v) is 4.26. The zero-order valence-electron chi connectivity index (χ0n) is 11.3. The summed E-state index contributed by atoms with van der Waals surface area (Å²) in [4.78, 5) is 11.6. The van der Waals surface area contributed by atoms with Crippen molar-refractivity contribution >= 4 is 15.9 Å². The molecule has 2 N–H and O–H groups in total. The molecule has 0 bridgehead atoms. The molecular weight excluding hydrogens is 254 g/mol. The predicted octanol–water partition coefficient (Wildman–Crippen LogP) is -0.475. The van der Waals surface area contributed by atoms with Crippen LogP contribution in [-0.2, 0) is 14.8 Å². The van der Waals surface area contributed by atoms with Crippen molar-refractivity contribution in [2.24, 2.45) is 0 Å². The Balaban J connectivity index is 2.29. The summed E-state index contributed by atoms with van der Waals surface area (Å²) in [5.74, 6) is -0.0264. The zero-order valence-corrected chi connectivity index (χ0v) is 12.1. The minimum Gasteiger partial charge on any atom is -0.352 e. The van der Waals surface area contributed by atoms with E-state index >= 15 is 0 Å². The third-order valence-electron chi connectivity index (χ3n) is 2.96. The van der Waals surface area contributed by atoms with Gasteiger partial charge in [0, 0.05) is 25.2 Å². The fourth-order valence-electron chi connectivity index (χ4n) is 1.91. The van der Waals surface area contributed by atoms with Crippen molar-refractivity contribution in [1.29, 1.82) is 0 Å². The van der Waals surface area contributed by atoms with Crippen LogP contribution in [0.25, 0.3) is 0 Å². The lowest BCUT2D eigenvalue weighted by Crippen LogP contribution is -2.48. The Morgan fingerprint density at radius 1 is 1.33 bits per heavy atom. The first-order valence-corrected chi connectivity index (χ1v) is 8.11. The molecule has 18 heavy (non-hydrogen) atoms. The maximum absolute atomic E-state index is 11.6. The van der Waals surface area contributed by atoms with E-state index in [-0.39, 0.29) is 18.0 Å². The fraction of sp³-hybridized carbons (Fsp3) is 0.909. The van der Waals surface area contributed by atoms with Crippen molar-refractivity contribution in [1.82, 2.24) is 14.9 Å². The summed E-state index contributed by atoms with van der Waals surface area (Å²) in [5, 5.41) is 5.97. The molecule has 0 aromatic carbocycles. The number of hydrogen-bond acceptors (Lipinski definition) is 4. The molecule has 1 fully saturated rings. The van der Waals surface area contributed by atoms with E-state index in [9.17, 15) is 13.2 Å². The maximum atomic E-state index is 11.6. The Labute approximate surface area is 109 Å². The summed E-state index contributed by atoms with van der Waals surface area (Å²) in [6.07, 6.45) is 2.58. The van der Waals surface area contributed by atoms with Crippen LogP contribution in [0.4, 0.5) is 0 Å². The molecule has 0 aliphatic carbocycles. The van der Waals surface area contributed by atoms with E-state index in [1.807, 2.05) is 13.8 Å². The number of carbonyl (C=O) groups is 1. The van der Waals surface area contributed by atoms with Gasteiger partial charge in [0.15, 0.2) is 0 Å². The van der Waals surface area contributed by atoms with Crippen LogP contribution in [0.1, 0.15) is 26.7 Å². The van der Waals surface area contributed by atoms with Gasteiger partial charge in [0.05, 0.1) is 12.8 Å². The molecule has 0 spiro atoms. The maximum Gasteiger partial charge on any atom is 0.234 e. The minimum absolute atomic E-state index is 0.0264. The van der Waals surface area contributed by atoms with E-state index in [1.165, 1.54) is 10.6 Å². The summed E-state index contributed by atoms with van der Waals surface area (Å²) < 4.78 is 24.1. The van der Waals surface area contributed by atoms with Crippen LogP contribution in [0, 0.1) is 0 Å². The smallest absolute Gasteiger partial charge is 0.234 e. The van der Waals surface area contributed by atoms with Gasteiger partial charge in [0.25, 0.3) is 0 Å². The van der Waals surface area contributed by atoms with Crippen LogP contribution in [0.2, 0.25) is 0 Å². The van der Waals surface area contributed by atoms with Gasteiger partial charge in [-0.05, 0) is 12.8 Å². The van der Waals surface area contributed by atoms with Gasteiger partial charge in [-0.15, -0.1) is 0 Å². The van der Waals surface area contributed by atoms with Gasteiger partial charge in [-0.2, -0.15) is 0 Å². The molecular formula is C11H23N3O3S. The molecule has 1 saturated heterocycles. The van der Waals surface area contributed by atoms with Gasteiger partial charge in [-0.25, -0.2) is 12.7 Å². The minimum atomic E-state index is -3.09. The summed E-state index contributed by atoms with van der Waals surface area (Å²) in [5.41, 5.74) is 0. The van der Waals surface area contributed by atoms with Crippen LogP contribution in [0.3, 0.4) is 0 Å². The number of hydrogen-bond donors (Lipinski definition) is 2. The largest absolute Gasteiger partial charge is 0.352 e. The number of carbonyl (C=O) groups excluding carboxylic acids is 1. The molecule has 1 aliphatic rings. The molecule has 1 aliphatic heterocycles. The van der Waals surface area contributed by atoms with Crippen LogP contribution in [0.15, 0.2) is 0 Å². The molecule has 7 heteroatoms. The summed E-state index contributed by atoms with van der Waals surface area (Å²) in [6, 6.07) is 0.368. The lowest BCUT2D eigenvalue weighted by Gasteiger charge is -2.30. The van der Waals surface area contributed by atoms with Crippen molar-refractivity contribution in [3.63, 3.8) is 0 Å². The first-order valence-electron chi connectivity index (χ1n) is 6.27. The average Bonchev–Trinajstić information content (AvgIpc) is 2.26. The summed E-state index contributed by atoms with van der Waals surface area (Å²) in [7, 11) is -3.09. The topological polar surface area (TPSA) is 78.5 Å². The Hall–Kier alpha value is -0.660. The van der Waals surface area contributed by atoms with Gasteiger partial charge < -0.3 is 10.6 Å². The van der Waals surface area contributed by atoms with Crippen molar-refractivity contribution in [2.45, 2.75) is 38.8 Å². The highest BCUT2D eigenvalue weighted by Crippen LogP contribution is 2.12. The third kappa shape index (κ3) is 5.32. The van der Waals surface area contributed by atoms with Crippen molar-refractivity contribution in [2.75, 3.05) is 25.9 Å². The first-order chi connectivity index (χ1) is 8.29. The number of nitrogens with one attached hydrogen (secondary N) is 2. The molecule has 0 aromatic rings. The SMILES string of the molecule is CC(C)NCC(=O)NC1CCN(S(C)(=O)=O)CC1. The zero-order chi connectivity index (χ0) is 13.8. The highest BCUT2D eigenvalue weighted by atomic mass is 32.2. The quantitative estimate of drug-likeness (QED) is 0.712. The molecule has 0 aromatic heterocycles. The number of amides is 1. The summed E-state index contributed by atoms with van der Waals surface area (Å²) >= 11 is 0. The standard InChI is InChI=1S/C11H23N3O3S/c1-9(2)12-8-11(15)13-10-4-6-14(7-5-10)18(3,16)17/h9-10,12H,4-8H2,1-3H3,(H,13,15). The average molecular weight is 277 g/mol. The second-order valence-corrected chi connectivity index (χ2v) is 7.02. The monoisotopic (exact) mass is 277 g/mol.